The van der Waals surface area contributed by atoms with E-state index < -0.39 is 22.8 Å². The summed E-state index contributed by atoms with van der Waals surface area (Å²) in [5.74, 6) is -0.00400. The second kappa shape index (κ2) is 5.69. The van der Waals surface area contributed by atoms with E-state index in [1.807, 2.05) is 6.08 Å². The Kier molecular flexibility index (Phi) is 5.76. The molecule has 0 aromatic carbocycles. The maximum absolute atomic E-state index is 11.2. The Morgan fingerprint density at radius 2 is 1.75 bits per heavy atom. The Bertz CT molecular complexity index is 343. The minimum Gasteiger partial charge on any atom is -0.229 e. The van der Waals surface area contributed by atoms with Gasteiger partial charge >= 0.3 is 0 Å². The normalized spacial score (nSPS) is 17.6. The third kappa shape index (κ3) is 6.71. The van der Waals surface area contributed by atoms with Gasteiger partial charge in [-0.05, 0) is 6.92 Å². The molecular weight excluding hydrogens is 260 g/mol. The first kappa shape index (κ1) is 16.2. The van der Waals surface area contributed by atoms with Gasteiger partial charge in [-0.25, -0.2) is 8.42 Å². The fourth-order valence-corrected chi connectivity index (χ4v) is 5.05. The molecular formula is C11H23ClO2SSi. The number of halogens is 1. The lowest BCUT2D eigenvalue weighted by molar-refractivity contribution is 0.597. The van der Waals surface area contributed by atoms with Crippen molar-refractivity contribution in [3.63, 3.8) is 0 Å². The zero-order valence-corrected chi connectivity index (χ0v) is 13.5. The molecule has 0 aliphatic carbocycles. The lowest BCUT2D eigenvalue weighted by Gasteiger charge is -2.22. The third-order valence-corrected chi connectivity index (χ3v) is 8.74. The molecule has 0 aliphatic heterocycles. The van der Waals surface area contributed by atoms with Gasteiger partial charge in [-0.2, -0.15) is 0 Å². The molecule has 2 nitrogen and oxygen atoms in total. The first-order chi connectivity index (χ1) is 7.04. The molecule has 0 aliphatic rings. The molecule has 16 heavy (non-hydrogen) atoms. The molecule has 0 amide bonds. The molecule has 96 valence electrons. The van der Waals surface area contributed by atoms with Crippen LogP contribution in [0.3, 0.4) is 0 Å². The van der Waals surface area contributed by atoms with E-state index in [0.717, 1.165) is 12.1 Å². The number of hydrogen-bond acceptors (Lipinski definition) is 2. The fourth-order valence-electron chi connectivity index (χ4n) is 1.42. The molecule has 0 N–H and O–H groups in total. The molecule has 0 heterocycles. The first-order valence-electron chi connectivity index (χ1n) is 5.60. The zero-order valence-electron chi connectivity index (χ0n) is 10.9. The smallest absolute Gasteiger partial charge is 0.149 e. The van der Waals surface area contributed by atoms with E-state index in [1.165, 1.54) is 6.26 Å². The van der Waals surface area contributed by atoms with E-state index in [0.29, 0.717) is 0 Å². The van der Waals surface area contributed by atoms with E-state index in [1.54, 1.807) is 6.92 Å². The van der Waals surface area contributed by atoms with Crippen LogP contribution < -0.4 is 0 Å². The van der Waals surface area contributed by atoms with E-state index in [-0.39, 0.29) is 5.75 Å². The molecule has 5 heteroatoms. The highest BCUT2D eigenvalue weighted by atomic mass is 35.5. The third-order valence-electron chi connectivity index (χ3n) is 2.99. The number of rotatable bonds is 6. The van der Waals surface area contributed by atoms with E-state index >= 15 is 0 Å². The van der Waals surface area contributed by atoms with E-state index in [9.17, 15) is 8.42 Å². The summed E-state index contributed by atoms with van der Waals surface area (Å²) in [4.78, 5) is -0.772. The highest BCUT2D eigenvalue weighted by molar-refractivity contribution is 7.90. The molecule has 1 unspecified atom stereocenters. The lowest BCUT2D eigenvalue weighted by atomic mass is 10.2. The van der Waals surface area contributed by atoms with Crippen LogP contribution in [0.25, 0.3) is 0 Å². The standard InChI is InChI=1S/C11H23ClO2SSi/c1-6-16(5,7-2)9-8-11(3,12)10-15(4,13)14/h8-9H,6-7,10H2,1-5H3. The zero-order chi connectivity index (χ0) is 13.0. The quantitative estimate of drug-likeness (QED) is 0.554. The van der Waals surface area contributed by atoms with Gasteiger partial charge in [-0.3, -0.25) is 0 Å². The topological polar surface area (TPSA) is 34.1 Å². The Balaban J connectivity index is 4.76. The van der Waals surface area contributed by atoms with Crippen molar-refractivity contribution in [1.82, 2.24) is 0 Å². The van der Waals surface area contributed by atoms with Crippen LogP contribution >= 0.6 is 11.6 Å². The summed E-state index contributed by atoms with van der Waals surface area (Å²) in [6, 6.07) is 2.32. The Labute approximate surface area is 106 Å². The molecule has 0 saturated heterocycles. The molecule has 0 spiro atoms. The van der Waals surface area contributed by atoms with Crippen LogP contribution in [0.4, 0.5) is 0 Å². The maximum atomic E-state index is 11.2. The van der Waals surface area contributed by atoms with Crippen LogP contribution in [-0.2, 0) is 9.84 Å². The Morgan fingerprint density at radius 1 is 1.31 bits per heavy atom. The summed E-state index contributed by atoms with van der Waals surface area (Å²) < 4.78 is 22.4. The molecule has 0 saturated carbocycles. The van der Waals surface area contributed by atoms with Crippen molar-refractivity contribution in [2.45, 2.75) is 44.3 Å². The van der Waals surface area contributed by atoms with Crippen molar-refractivity contribution < 1.29 is 8.42 Å². The second-order valence-electron chi connectivity index (χ2n) is 5.04. The van der Waals surface area contributed by atoms with Crippen molar-refractivity contribution in [3.05, 3.63) is 11.8 Å². The molecule has 0 bridgehead atoms. The molecule has 0 aromatic heterocycles. The van der Waals surface area contributed by atoms with Crippen molar-refractivity contribution in [2.75, 3.05) is 12.0 Å². The van der Waals surface area contributed by atoms with Crippen LogP contribution in [0.2, 0.25) is 18.6 Å². The average molecular weight is 283 g/mol. The summed E-state index contributed by atoms with van der Waals surface area (Å²) in [6.07, 6.45) is 3.10. The summed E-state index contributed by atoms with van der Waals surface area (Å²) >= 11 is 6.20. The predicted molar refractivity (Wildman–Crippen MR) is 75.7 cm³/mol. The highest BCUT2D eigenvalue weighted by Gasteiger charge is 2.25. The van der Waals surface area contributed by atoms with Crippen molar-refractivity contribution in [3.8, 4) is 0 Å². The van der Waals surface area contributed by atoms with Gasteiger partial charge in [0.25, 0.3) is 0 Å². The van der Waals surface area contributed by atoms with Crippen molar-refractivity contribution in [2.24, 2.45) is 0 Å². The molecule has 1 atom stereocenters. The minimum atomic E-state index is -3.03. The summed E-state index contributed by atoms with van der Waals surface area (Å²) in [5.41, 5.74) is 2.19. The lowest BCUT2D eigenvalue weighted by Crippen LogP contribution is -2.29. The molecule has 0 fully saturated rings. The van der Waals surface area contributed by atoms with Gasteiger partial charge in [0.05, 0.1) is 18.7 Å². The number of allylic oxidation sites excluding steroid dienone is 1. The molecule has 0 rings (SSSR count). The van der Waals surface area contributed by atoms with Crippen LogP contribution in [0.1, 0.15) is 20.8 Å². The summed E-state index contributed by atoms with van der Waals surface area (Å²) in [5, 5.41) is 0. The van der Waals surface area contributed by atoms with E-state index in [2.05, 4.69) is 26.1 Å². The molecule has 0 aromatic rings. The monoisotopic (exact) mass is 282 g/mol. The van der Waals surface area contributed by atoms with Gasteiger partial charge in [-0.15, -0.1) is 11.6 Å². The van der Waals surface area contributed by atoms with Crippen LogP contribution in [0.15, 0.2) is 11.8 Å². The number of alkyl halides is 1. The number of hydrogen-bond donors (Lipinski definition) is 0. The number of sulfone groups is 1. The molecule has 0 radical (unpaired) electrons. The second-order valence-corrected chi connectivity index (χ2v) is 13.1. The van der Waals surface area contributed by atoms with Gasteiger partial charge < -0.3 is 0 Å². The Hall–Kier alpha value is 0.197. The van der Waals surface area contributed by atoms with Gasteiger partial charge in [0, 0.05) is 6.26 Å². The first-order valence-corrected chi connectivity index (χ1v) is 11.0. The SMILES string of the molecule is CC[Si](C)(C=CC(C)(Cl)CS(C)(=O)=O)CC. The van der Waals surface area contributed by atoms with E-state index in [4.69, 9.17) is 11.6 Å². The predicted octanol–water partition coefficient (Wildman–Crippen LogP) is 3.24. The van der Waals surface area contributed by atoms with Crippen LogP contribution in [0, 0.1) is 0 Å². The summed E-state index contributed by atoms with van der Waals surface area (Å²) in [6.45, 7) is 8.41. The average Bonchev–Trinajstić information content (AvgIpc) is 2.11. The van der Waals surface area contributed by atoms with Crippen LogP contribution in [-0.4, -0.2) is 33.4 Å². The van der Waals surface area contributed by atoms with Gasteiger partial charge in [0.2, 0.25) is 0 Å². The Morgan fingerprint density at radius 3 is 2.06 bits per heavy atom. The maximum Gasteiger partial charge on any atom is 0.149 e. The largest absolute Gasteiger partial charge is 0.229 e. The van der Waals surface area contributed by atoms with Gasteiger partial charge in [-0.1, -0.05) is 44.3 Å². The highest BCUT2D eigenvalue weighted by Crippen LogP contribution is 2.23. The minimum absolute atomic E-state index is 0.00400. The van der Waals surface area contributed by atoms with Gasteiger partial charge in [0.15, 0.2) is 0 Å². The fraction of sp³-hybridized carbons (Fsp3) is 0.818. The van der Waals surface area contributed by atoms with Crippen LogP contribution in [0.5, 0.6) is 0 Å². The van der Waals surface area contributed by atoms with Crippen molar-refractivity contribution >= 4 is 29.5 Å². The van der Waals surface area contributed by atoms with Gasteiger partial charge in [0.1, 0.15) is 9.84 Å². The summed E-state index contributed by atoms with van der Waals surface area (Å²) in [7, 11) is -4.37. The van der Waals surface area contributed by atoms with Crippen molar-refractivity contribution in [1.29, 1.82) is 0 Å².